The van der Waals surface area contributed by atoms with Crippen molar-refractivity contribution in [3.05, 3.63) is 0 Å². The Labute approximate surface area is 117 Å². The Balaban J connectivity index is 2.12. The van der Waals surface area contributed by atoms with Gasteiger partial charge in [-0.3, -0.25) is 4.90 Å². The Kier molecular flexibility index (Phi) is 4.53. The van der Waals surface area contributed by atoms with Gasteiger partial charge in [0, 0.05) is 18.6 Å². The van der Waals surface area contributed by atoms with Gasteiger partial charge in [-0.2, -0.15) is 5.26 Å². The van der Waals surface area contributed by atoms with Crippen molar-refractivity contribution in [2.45, 2.75) is 59.0 Å². The Morgan fingerprint density at radius 2 is 2.00 bits per heavy atom. The van der Waals surface area contributed by atoms with Crippen LogP contribution < -0.4 is 0 Å². The fourth-order valence-corrected chi connectivity index (χ4v) is 3.68. The molecule has 0 aromatic rings. The Morgan fingerprint density at radius 3 is 2.58 bits per heavy atom. The molecule has 4 unspecified atom stereocenters. The van der Waals surface area contributed by atoms with Gasteiger partial charge in [0.1, 0.15) is 0 Å². The van der Waals surface area contributed by atoms with E-state index < -0.39 is 0 Å². The summed E-state index contributed by atoms with van der Waals surface area (Å²) in [4.78, 5) is 2.54. The van der Waals surface area contributed by atoms with Crippen molar-refractivity contribution in [2.24, 2.45) is 17.3 Å². The van der Waals surface area contributed by atoms with Crippen molar-refractivity contribution < 1.29 is 4.74 Å². The van der Waals surface area contributed by atoms with E-state index in [0.717, 1.165) is 32.1 Å². The lowest BCUT2D eigenvalue weighted by Crippen LogP contribution is -2.54. The summed E-state index contributed by atoms with van der Waals surface area (Å²) in [5, 5.41) is 9.46. The molecule has 3 heteroatoms. The lowest BCUT2D eigenvalue weighted by molar-refractivity contribution is -0.0493. The molecule has 0 N–H and O–H groups in total. The molecule has 0 radical (unpaired) electrons. The van der Waals surface area contributed by atoms with E-state index in [1.165, 1.54) is 12.8 Å². The number of hydrogen-bond acceptors (Lipinski definition) is 3. The second kappa shape index (κ2) is 5.81. The van der Waals surface area contributed by atoms with Crippen LogP contribution in [0.15, 0.2) is 0 Å². The van der Waals surface area contributed by atoms with Crippen molar-refractivity contribution in [3.63, 3.8) is 0 Å². The molecule has 3 nitrogen and oxygen atoms in total. The molecule has 0 bridgehead atoms. The van der Waals surface area contributed by atoms with E-state index in [9.17, 15) is 5.26 Å². The molecule has 2 fully saturated rings. The van der Waals surface area contributed by atoms with Gasteiger partial charge in [-0.15, -0.1) is 0 Å². The minimum absolute atomic E-state index is 0.208. The zero-order valence-corrected chi connectivity index (χ0v) is 12.9. The van der Waals surface area contributed by atoms with Gasteiger partial charge in [-0.05, 0) is 37.5 Å². The van der Waals surface area contributed by atoms with Crippen LogP contribution in [0.1, 0.15) is 47.0 Å². The third kappa shape index (κ3) is 3.30. The lowest BCUT2D eigenvalue weighted by Gasteiger charge is -2.47. The van der Waals surface area contributed by atoms with Gasteiger partial charge < -0.3 is 4.74 Å². The summed E-state index contributed by atoms with van der Waals surface area (Å²) in [6.07, 6.45) is 3.44. The number of nitriles is 1. The molecule has 2 rings (SSSR count). The van der Waals surface area contributed by atoms with Gasteiger partial charge in [0.25, 0.3) is 0 Å². The number of morpholine rings is 1. The third-order valence-electron chi connectivity index (χ3n) is 5.05. The van der Waals surface area contributed by atoms with Crippen LogP contribution in [0.25, 0.3) is 0 Å². The molecule has 1 saturated carbocycles. The summed E-state index contributed by atoms with van der Waals surface area (Å²) >= 11 is 0. The van der Waals surface area contributed by atoms with Crippen LogP contribution in [-0.2, 0) is 4.74 Å². The molecule has 4 atom stereocenters. The number of rotatable bonds is 1. The first-order valence-electron chi connectivity index (χ1n) is 7.66. The maximum atomic E-state index is 9.46. The highest BCUT2D eigenvalue weighted by atomic mass is 16.5. The normalized spacial score (nSPS) is 37.8. The zero-order valence-electron chi connectivity index (χ0n) is 12.9. The van der Waals surface area contributed by atoms with Crippen LogP contribution in [0, 0.1) is 28.6 Å². The fraction of sp³-hybridized carbons (Fsp3) is 0.938. The Hall–Kier alpha value is -0.590. The second-order valence-corrected chi connectivity index (χ2v) is 7.34. The van der Waals surface area contributed by atoms with Crippen LogP contribution in [0.4, 0.5) is 0 Å². The molecule has 2 aliphatic rings. The predicted octanol–water partition coefficient (Wildman–Crippen LogP) is 3.06. The van der Waals surface area contributed by atoms with E-state index in [0.29, 0.717) is 17.5 Å². The van der Waals surface area contributed by atoms with Crippen LogP contribution in [0.5, 0.6) is 0 Å². The van der Waals surface area contributed by atoms with E-state index in [4.69, 9.17) is 4.74 Å². The van der Waals surface area contributed by atoms with E-state index >= 15 is 0 Å². The van der Waals surface area contributed by atoms with Crippen molar-refractivity contribution >= 4 is 0 Å². The molecular weight excluding hydrogens is 236 g/mol. The van der Waals surface area contributed by atoms with Crippen LogP contribution in [-0.4, -0.2) is 36.7 Å². The van der Waals surface area contributed by atoms with Crippen molar-refractivity contribution in [1.29, 1.82) is 5.26 Å². The van der Waals surface area contributed by atoms with Gasteiger partial charge in [0.2, 0.25) is 0 Å². The van der Waals surface area contributed by atoms with E-state index in [1.54, 1.807) is 0 Å². The van der Waals surface area contributed by atoms with Gasteiger partial charge in [-0.25, -0.2) is 0 Å². The third-order valence-corrected chi connectivity index (χ3v) is 5.05. The van der Waals surface area contributed by atoms with Crippen molar-refractivity contribution in [2.75, 3.05) is 19.8 Å². The smallest absolute Gasteiger partial charge is 0.0672 e. The molecule has 1 aliphatic heterocycles. The van der Waals surface area contributed by atoms with E-state index in [-0.39, 0.29) is 5.92 Å². The number of ether oxygens (including phenoxy) is 1. The number of hydrogen-bond donors (Lipinski definition) is 0. The molecule has 0 aromatic carbocycles. The van der Waals surface area contributed by atoms with Crippen molar-refractivity contribution in [1.82, 2.24) is 4.90 Å². The maximum Gasteiger partial charge on any atom is 0.0672 e. The van der Waals surface area contributed by atoms with Crippen LogP contribution >= 0.6 is 0 Å². The second-order valence-electron chi connectivity index (χ2n) is 7.34. The minimum atomic E-state index is 0.208. The first-order chi connectivity index (χ1) is 8.93. The average Bonchev–Trinajstić information content (AvgIpc) is 2.37. The highest BCUT2D eigenvalue weighted by Gasteiger charge is 2.40. The maximum absolute atomic E-state index is 9.46. The van der Waals surface area contributed by atoms with E-state index in [1.807, 2.05) is 0 Å². The standard InChI is InChI=1S/C16H28N2O/c1-12-11-19-8-7-18(12)15-9-14(16(2,3)4)6-5-13(15)10-17/h12-15H,5-9,11H2,1-4H3. The van der Waals surface area contributed by atoms with Gasteiger partial charge in [-0.1, -0.05) is 20.8 Å². The monoisotopic (exact) mass is 264 g/mol. The van der Waals surface area contributed by atoms with Crippen LogP contribution in [0.3, 0.4) is 0 Å². The molecular formula is C16H28N2O. The average molecular weight is 264 g/mol. The molecule has 108 valence electrons. The lowest BCUT2D eigenvalue weighted by atomic mass is 9.67. The first-order valence-corrected chi connectivity index (χ1v) is 7.66. The molecule has 19 heavy (non-hydrogen) atoms. The Bertz CT molecular complexity index is 342. The Morgan fingerprint density at radius 1 is 1.26 bits per heavy atom. The summed E-state index contributed by atoms with van der Waals surface area (Å²) in [5.41, 5.74) is 0.355. The molecule has 1 aliphatic carbocycles. The van der Waals surface area contributed by atoms with Gasteiger partial charge in [0.05, 0.1) is 25.2 Å². The van der Waals surface area contributed by atoms with Gasteiger partial charge >= 0.3 is 0 Å². The highest BCUT2D eigenvalue weighted by Crippen LogP contribution is 2.42. The van der Waals surface area contributed by atoms with E-state index in [2.05, 4.69) is 38.7 Å². The minimum Gasteiger partial charge on any atom is -0.379 e. The SMILES string of the molecule is CC1COCCN1C1CC(C(C)(C)C)CCC1C#N. The summed E-state index contributed by atoms with van der Waals surface area (Å²) in [6, 6.07) is 3.45. The fourth-order valence-electron chi connectivity index (χ4n) is 3.68. The molecule has 1 heterocycles. The first kappa shape index (κ1) is 14.8. The zero-order chi connectivity index (χ0) is 14.0. The topological polar surface area (TPSA) is 36.3 Å². The highest BCUT2D eigenvalue weighted by molar-refractivity contribution is 5.00. The van der Waals surface area contributed by atoms with Crippen LogP contribution in [0.2, 0.25) is 0 Å². The largest absolute Gasteiger partial charge is 0.379 e. The van der Waals surface area contributed by atoms with Gasteiger partial charge in [0.15, 0.2) is 0 Å². The van der Waals surface area contributed by atoms with Crippen molar-refractivity contribution in [3.8, 4) is 6.07 Å². The quantitative estimate of drug-likeness (QED) is 0.730. The molecule has 0 spiro atoms. The summed E-state index contributed by atoms with van der Waals surface area (Å²) < 4.78 is 5.54. The summed E-state index contributed by atoms with van der Waals surface area (Å²) in [5.74, 6) is 0.941. The number of nitrogens with zero attached hydrogens (tertiary/aromatic N) is 2. The summed E-state index contributed by atoms with van der Waals surface area (Å²) in [7, 11) is 0. The molecule has 0 amide bonds. The summed E-state index contributed by atoms with van der Waals surface area (Å²) in [6.45, 7) is 11.9. The molecule has 1 saturated heterocycles. The molecule has 0 aromatic heterocycles. The predicted molar refractivity (Wildman–Crippen MR) is 76.7 cm³/mol.